The fourth-order valence-corrected chi connectivity index (χ4v) is 4.03. The van der Waals surface area contributed by atoms with E-state index in [-0.39, 0.29) is 24.1 Å². The Balaban J connectivity index is 1.56. The van der Waals surface area contributed by atoms with Gasteiger partial charge in [-0.3, -0.25) is 9.59 Å². The molecule has 158 valence electrons. The highest BCUT2D eigenvalue weighted by Crippen LogP contribution is 2.35. The zero-order chi connectivity index (χ0) is 21.1. The van der Waals surface area contributed by atoms with Crippen molar-refractivity contribution in [1.82, 2.24) is 10.2 Å². The molecule has 1 saturated heterocycles. The van der Waals surface area contributed by atoms with Crippen molar-refractivity contribution in [2.75, 3.05) is 25.0 Å². The molecule has 0 aliphatic carbocycles. The third-order valence-electron chi connectivity index (χ3n) is 5.58. The van der Waals surface area contributed by atoms with Crippen LogP contribution in [-0.2, 0) is 4.74 Å². The third kappa shape index (κ3) is 4.33. The average molecular weight is 408 g/mol. The van der Waals surface area contributed by atoms with Gasteiger partial charge >= 0.3 is 0 Å². The standard InChI is InChI=1S/C24H29N3O3/c1-16(2)14-25-23(28)17-7-5-8-18(13-17)26-22-20-10-3-4-11-21(20)24(29)27(22)15-19-9-6-12-30-19/h3-5,7-8,10-11,13,16,19,22,26H,6,9,12,14-15H2,1-2H3,(H,25,28)/t19-,22+/m0/s1. The van der Waals surface area contributed by atoms with Crippen LogP contribution in [0.2, 0.25) is 0 Å². The Kier molecular flexibility index (Phi) is 6.04. The largest absolute Gasteiger partial charge is 0.376 e. The van der Waals surface area contributed by atoms with Gasteiger partial charge in [0.25, 0.3) is 11.8 Å². The number of benzene rings is 2. The molecule has 6 heteroatoms. The van der Waals surface area contributed by atoms with Crippen LogP contribution in [0.3, 0.4) is 0 Å². The molecule has 2 aliphatic rings. The van der Waals surface area contributed by atoms with Crippen LogP contribution in [0, 0.1) is 5.92 Å². The monoisotopic (exact) mass is 407 g/mol. The maximum Gasteiger partial charge on any atom is 0.256 e. The number of hydrogen-bond acceptors (Lipinski definition) is 4. The highest BCUT2D eigenvalue weighted by molar-refractivity contribution is 5.99. The molecule has 2 amide bonds. The molecule has 2 aliphatic heterocycles. The smallest absolute Gasteiger partial charge is 0.256 e. The lowest BCUT2D eigenvalue weighted by Crippen LogP contribution is -2.38. The minimum Gasteiger partial charge on any atom is -0.376 e. The van der Waals surface area contributed by atoms with Gasteiger partial charge < -0.3 is 20.3 Å². The number of rotatable bonds is 7. The fraction of sp³-hybridized carbons (Fsp3) is 0.417. The van der Waals surface area contributed by atoms with Crippen molar-refractivity contribution in [3.63, 3.8) is 0 Å². The first-order valence-electron chi connectivity index (χ1n) is 10.7. The van der Waals surface area contributed by atoms with Crippen LogP contribution in [0.5, 0.6) is 0 Å². The summed E-state index contributed by atoms with van der Waals surface area (Å²) in [6.45, 7) is 6.08. The normalized spacial score (nSPS) is 20.5. The molecule has 2 aromatic rings. The van der Waals surface area contributed by atoms with Crippen molar-refractivity contribution in [2.45, 2.75) is 39.0 Å². The molecule has 0 radical (unpaired) electrons. The van der Waals surface area contributed by atoms with Crippen molar-refractivity contribution in [1.29, 1.82) is 0 Å². The van der Waals surface area contributed by atoms with E-state index in [1.54, 1.807) is 6.07 Å². The van der Waals surface area contributed by atoms with E-state index in [1.165, 1.54) is 0 Å². The van der Waals surface area contributed by atoms with Crippen LogP contribution in [0.1, 0.15) is 59.1 Å². The highest BCUT2D eigenvalue weighted by Gasteiger charge is 2.38. The first-order valence-corrected chi connectivity index (χ1v) is 10.7. The lowest BCUT2D eigenvalue weighted by Gasteiger charge is -2.29. The molecule has 0 bridgehead atoms. The van der Waals surface area contributed by atoms with Crippen LogP contribution in [0.15, 0.2) is 48.5 Å². The van der Waals surface area contributed by atoms with Gasteiger partial charge in [-0.05, 0) is 43.0 Å². The fourth-order valence-electron chi connectivity index (χ4n) is 4.03. The van der Waals surface area contributed by atoms with Crippen molar-refractivity contribution in [3.8, 4) is 0 Å². The Hall–Kier alpha value is -2.86. The molecule has 0 saturated carbocycles. The van der Waals surface area contributed by atoms with Gasteiger partial charge in [0.2, 0.25) is 0 Å². The van der Waals surface area contributed by atoms with Gasteiger partial charge in [0.05, 0.1) is 6.10 Å². The molecule has 0 spiro atoms. The van der Waals surface area contributed by atoms with Gasteiger partial charge in [-0.1, -0.05) is 38.1 Å². The average Bonchev–Trinajstić information content (AvgIpc) is 3.35. The number of carbonyl (C=O) groups excluding carboxylic acids is 2. The van der Waals surface area contributed by atoms with Crippen LogP contribution in [0.25, 0.3) is 0 Å². The van der Waals surface area contributed by atoms with Gasteiger partial charge in [-0.25, -0.2) is 0 Å². The van der Waals surface area contributed by atoms with E-state index in [0.29, 0.717) is 24.6 Å². The second-order valence-electron chi connectivity index (χ2n) is 8.41. The molecular weight excluding hydrogens is 378 g/mol. The quantitative estimate of drug-likeness (QED) is 0.732. The van der Waals surface area contributed by atoms with E-state index in [0.717, 1.165) is 36.3 Å². The summed E-state index contributed by atoms with van der Waals surface area (Å²) in [4.78, 5) is 27.4. The van der Waals surface area contributed by atoms with E-state index in [4.69, 9.17) is 4.74 Å². The lowest BCUT2D eigenvalue weighted by molar-refractivity contribution is 0.0488. The van der Waals surface area contributed by atoms with Gasteiger partial charge in [0.15, 0.2) is 0 Å². The number of fused-ring (bicyclic) bond motifs is 1. The van der Waals surface area contributed by atoms with E-state index in [2.05, 4.69) is 24.5 Å². The molecule has 30 heavy (non-hydrogen) atoms. The number of amides is 2. The summed E-state index contributed by atoms with van der Waals surface area (Å²) >= 11 is 0. The summed E-state index contributed by atoms with van der Waals surface area (Å²) < 4.78 is 5.78. The minimum absolute atomic E-state index is 0.0180. The molecule has 2 atom stereocenters. The Morgan fingerprint density at radius 3 is 2.80 bits per heavy atom. The SMILES string of the molecule is CC(C)CNC(=O)c1cccc(N[C@H]2c3ccccc3C(=O)N2C[C@@H]2CCCO2)c1. The topological polar surface area (TPSA) is 70.7 Å². The maximum absolute atomic E-state index is 13.1. The summed E-state index contributed by atoms with van der Waals surface area (Å²) in [6, 6.07) is 15.1. The van der Waals surface area contributed by atoms with Gasteiger partial charge in [0.1, 0.15) is 6.17 Å². The number of ether oxygens (including phenoxy) is 1. The summed E-state index contributed by atoms with van der Waals surface area (Å²) in [5, 5.41) is 6.43. The molecule has 2 heterocycles. The van der Waals surface area contributed by atoms with Crippen molar-refractivity contribution >= 4 is 17.5 Å². The van der Waals surface area contributed by atoms with Crippen molar-refractivity contribution in [2.24, 2.45) is 5.92 Å². The second kappa shape index (κ2) is 8.88. The van der Waals surface area contributed by atoms with E-state index >= 15 is 0 Å². The molecule has 1 fully saturated rings. The van der Waals surface area contributed by atoms with E-state index in [1.807, 2.05) is 47.4 Å². The number of anilines is 1. The molecule has 2 N–H and O–H groups in total. The van der Waals surface area contributed by atoms with Crippen molar-refractivity contribution < 1.29 is 14.3 Å². The minimum atomic E-state index is -0.285. The summed E-state index contributed by atoms with van der Waals surface area (Å²) in [6.07, 6.45) is 1.79. The Labute approximate surface area is 177 Å². The zero-order valence-electron chi connectivity index (χ0n) is 17.6. The Morgan fingerprint density at radius 1 is 1.20 bits per heavy atom. The van der Waals surface area contributed by atoms with Crippen LogP contribution in [-0.4, -0.2) is 42.5 Å². The second-order valence-corrected chi connectivity index (χ2v) is 8.41. The van der Waals surface area contributed by atoms with Crippen molar-refractivity contribution in [3.05, 3.63) is 65.2 Å². The van der Waals surface area contributed by atoms with E-state index < -0.39 is 0 Å². The Morgan fingerprint density at radius 2 is 2.03 bits per heavy atom. The predicted molar refractivity (Wildman–Crippen MR) is 116 cm³/mol. The molecule has 0 aromatic heterocycles. The first kappa shape index (κ1) is 20.4. The first-order chi connectivity index (χ1) is 14.5. The van der Waals surface area contributed by atoms with Crippen LogP contribution < -0.4 is 10.6 Å². The molecule has 4 rings (SSSR count). The van der Waals surface area contributed by atoms with E-state index in [9.17, 15) is 9.59 Å². The highest BCUT2D eigenvalue weighted by atomic mass is 16.5. The molecule has 6 nitrogen and oxygen atoms in total. The number of hydrogen-bond donors (Lipinski definition) is 2. The molecule has 2 aromatic carbocycles. The van der Waals surface area contributed by atoms with Gasteiger partial charge in [-0.15, -0.1) is 0 Å². The van der Waals surface area contributed by atoms with Crippen LogP contribution in [0.4, 0.5) is 5.69 Å². The van der Waals surface area contributed by atoms with Gasteiger partial charge in [-0.2, -0.15) is 0 Å². The van der Waals surface area contributed by atoms with Gasteiger partial charge in [0, 0.05) is 42.1 Å². The third-order valence-corrected chi connectivity index (χ3v) is 5.58. The number of carbonyl (C=O) groups is 2. The zero-order valence-corrected chi connectivity index (χ0v) is 17.6. The molecule has 0 unspecified atom stereocenters. The number of nitrogens with one attached hydrogen (secondary N) is 2. The summed E-state index contributed by atoms with van der Waals surface area (Å²) in [5.41, 5.74) is 3.08. The predicted octanol–water partition coefficient (Wildman–Crippen LogP) is 3.82. The van der Waals surface area contributed by atoms with Crippen LogP contribution >= 0.6 is 0 Å². The lowest BCUT2D eigenvalue weighted by atomic mass is 10.1. The Bertz CT molecular complexity index is 921. The molecular formula is C24H29N3O3. The number of nitrogens with zero attached hydrogens (tertiary/aromatic N) is 1. The summed E-state index contributed by atoms with van der Waals surface area (Å²) in [7, 11) is 0. The summed E-state index contributed by atoms with van der Waals surface area (Å²) in [5.74, 6) is 0.318. The maximum atomic E-state index is 13.1.